The Hall–Kier alpha value is -1.84. The van der Waals surface area contributed by atoms with E-state index in [9.17, 15) is 0 Å². The topological polar surface area (TPSA) is 42.7 Å². The highest BCUT2D eigenvalue weighted by Crippen LogP contribution is 2.03. The van der Waals surface area contributed by atoms with Crippen molar-refractivity contribution in [2.24, 2.45) is 0 Å². The summed E-state index contributed by atoms with van der Waals surface area (Å²) >= 11 is 0. The van der Waals surface area contributed by atoms with Crippen molar-refractivity contribution in [2.75, 3.05) is 11.9 Å². The predicted octanol–water partition coefficient (Wildman–Crippen LogP) is 2.09. The van der Waals surface area contributed by atoms with Gasteiger partial charge in [0.25, 0.3) is 0 Å². The fraction of sp³-hybridized carbons (Fsp3) is 0.333. The normalized spacial score (nSPS) is 10.3. The number of aryl methyl sites for hydroxylation is 2. The van der Waals surface area contributed by atoms with Crippen LogP contribution in [0.15, 0.2) is 36.9 Å². The Balaban J connectivity index is 1.72. The summed E-state index contributed by atoms with van der Waals surface area (Å²) in [6.07, 6.45) is 6.68. The molecule has 0 saturated carbocycles. The zero-order valence-corrected chi connectivity index (χ0v) is 9.43. The van der Waals surface area contributed by atoms with Gasteiger partial charge in [0.1, 0.15) is 5.82 Å². The zero-order chi connectivity index (χ0) is 11.2. The summed E-state index contributed by atoms with van der Waals surface area (Å²) in [5.41, 5.74) is 1.04. The maximum Gasteiger partial charge on any atom is 0.126 e. The van der Waals surface area contributed by atoms with Crippen molar-refractivity contribution in [3.63, 3.8) is 0 Å². The molecule has 0 spiro atoms. The van der Waals surface area contributed by atoms with E-state index in [1.807, 2.05) is 37.6 Å². The Morgan fingerprint density at radius 1 is 1.38 bits per heavy atom. The van der Waals surface area contributed by atoms with Gasteiger partial charge in [-0.1, -0.05) is 6.07 Å². The minimum atomic E-state index is 0.925. The molecular formula is C12H16N4. The number of anilines is 1. The van der Waals surface area contributed by atoms with E-state index in [-0.39, 0.29) is 0 Å². The van der Waals surface area contributed by atoms with Crippen molar-refractivity contribution in [2.45, 2.75) is 19.9 Å². The standard InChI is InChI=1S/C12H16N4/c1-11-4-2-5-12(15-11)14-6-3-8-16-9-7-13-10-16/h2,4-5,7,9-10H,3,6,8H2,1H3,(H,14,15). The first-order valence-corrected chi connectivity index (χ1v) is 5.48. The number of nitrogens with one attached hydrogen (secondary N) is 1. The third kappa shape index (κ3) is 3.08. The molecule has 2 aromatic rings. The molecule has 84 valence electrons. The van der Waals surface area contributed by atoms with Crippen molar-refractivity contribution in [1.82, 2.24) is 14.5 Å². The minimum absolute atomic E-state index is 0.925. The second-order valence-electron chi connectivity index (χ2n) is 3.75. The summed E-state index contributed by atoms with van der Waals surface area (Å²) in [7, 11) is 0. The van der Waals surface area contributed by atoms with E-state index in [1.54, 1.807) is 6.20 Å². The van der Waals surface area contributed by atoms with Crippen LogP contribution < -0.4 is 5.32 Å². The highest BCUT2D eigenvalue weighted by atomic mass is 15.0. The van der Waals surface area contributed by atoms with Gasteiger partial charge in [-0.3, -0.25) is 0 Å². The average molecular weight is 216 g/mol. The molecule has 4 heteroatoms. The molecule has 0 atom stereocenters. The van der Waals surface area contributed by atoms with E-state index in [2.05, 4.69) is 19.9 Å². The van der Waals surface area contributed by atoms with Crippen LogP contribution in [0.4, 0.5) is 5.82 Å². The van der Waals surface area contributed by atoms with Crippen LogP contribution in [-0.2, 0) is 6.54 Å². The van der Waals surface area contributed by atoms with Gasteiger partial charge in [-0.2, -0.15) is 0 Å². The van der Waals surface area contributed by atoms with E-state index in [4.69, 9.17) is 0 Å². The van der Waals surface area contributed by atoms with Gasteiger partial charge in [0.05, 0.1) is 6.33 Å². The molecule has 0 aliphatic rings. The van der Waals surface area contributed by atoms with Gasteiger partial charge < -0.3 is 9.88 Å². The molecule has 0 saturated heterocycles. The summed E-state index contributed by atoms with van der Waals surface area (Å²) < 4.78 is 2.07. The van der Waals surface area contributed by atoms with Crippen LogP contribution in [0, 0.1) is 6.92 Å². The summed E-state index contributed by atoms with van der Waals surface area (Å²) in [6, 6.07) is 6.00. The summed E-state index contributed by atoms with van der Waals surface area (Å²) in [6.45, 7) is 3.91. The number of aromatic nitrogens is 3. The lowest BCUT2D eigenvalue weighted by Crippen LogP contribution is -2.07. The van der Waals surface area contributed by atoms with E-state index in [1.165, 1.54) is 0 Å². The lowest BCUT2D eigenvalue weighted by Gasteiger charge is -2.06. The first-order chi connectivity index (χ1) is 7.84. The molecule has 0 aliphatic heterocycles. The van der Waals surface area contributed by atoms with Crippen LogP contribution in [0.2, 0.25) is 0 Å². The Morgan fingerprint density at radius 2 is 2.31 bits per heavy atom. The number of pyridine rings is 1. The Kier molecular flexibility index (Phi) is 3.53. The van der Waals surface area contributed by atoms with Crippen LogP contribution in [0.5, 0.6) is 0 Å². The van der Waals surface area contributed by atoms with Crippen LogP contribution in [0.3, 0.4) is 0 Å². The quantitative estimate of drug-likeness (QED) is 0.778. The molecule has 16 heavy (non-hydrogen) atoms. The van der Waals surface area contributed by atoms with Crippen LogP contribution >= 0.6 is 0 Å². The van der Waals surface area contributed by atoms with E-state index >= 15 is 0 Å². The molecule has 1 N–H and O–H groups in total. The molecule has 0 radical (unpaired) electrons. The SMILES string of the molecule is Cc1cccc(NCCCn2ccnc2)n1. The number of hydrogen-bond donors (Lipinski definition) is 1. The van der Waals surface area contributed by atoms with Gasteiger partial charge in [0, 0.05) is 31.2 Å². The van der Waals surface area contributed by atoms with E-state index < -0.39 is 0 Å². The Morgan fingerprint density at radius 3 is 3.06 bits per heavy atom. The van der Waals surface area contributed by atoms with Crippen molar-refractivity contribution in [3.05, 3.63) is 42.6 Å². The molecular weight excluding hydrogens is 200 g/mol. The Labute approximate surface area is 95.4 Å². The highest BCUT2D eigenvalue weighted by Gasteiger charge is 1.94. The molecule has 0 aliphatic carbocycles. The van der Waals surface area contributed by atoms with Crippen molar-refractivity contribution in [3.8, 4) is 0 Å². The van der Waals surface area contributed by atoms with Crippen molar-refractivity contribution >= 4 is 5.82 Å². The molecule has 0 bridgehead atoms. The van der Waals surface area contributed by atoms with Crippen LogP contribution in [0.25, 0.3) is 0 Å². The fourth-order valence-corrected chi connectivity index (χ4v) is 1.54. The molecule has 4 nitrogen and oxygen atoms in total. The third-order valence-corrected chi connectivity index (χ3v) is 2.35. The molecule has 2 heterocycles. The molecule has 0 fully saturated rings. The number of rotatable bonds is 5. The Bertz CT molecular complexity index is 422. The molecule has 0 unspecified atom stereocenters. The molecule has 0 aromatic carbocycles. The fourth-order valence-electron chi connectivity index (χ4n) is 1.54. The molecule has 2 rings (SSSR count). The highest BCUT2D eigenvalue weighted by molar-refractivity contribution is 5.34. The van der Waals surface area contributed by atoms with E-state index in [0.717, 1.165) is 31.0 Å². The second-order valence-corrected chi connectivity index (χ2v) is 3.75. The predicted molar refractivity (Wildman–Crippen MR) is 64.3 cm³/mol. The second kappa shape index (κ2) is 5.30. The summed E-state index contributed by atoms with van der Waals surface area (Å²) in [5.74, 6) is 0.950. The maximum absolute atomic E-state index is 4.38. The maximum atomic E-state index is 4.38. The van der Waals surface area contributed by atoms with Gasteiger partial charge in [0.2, 0.25) is 0 Å². The largest absolute Gasteiger partial charge is 0.370 e. The van der Waals surface area contributed by atoms with Crippen molar-refractivity contribution < 1.29 is 0 Å². The van der Waals surface area contributed by atoms with Crippen molar-refractivity contribution in [1.29, 1.82) is 0 Å². The average Bonchev–Trinajstić information content (AvgIpc) is 2.77. The van der Waals surface area contributed by atoms with E-state index in [0.29, 0.717) is 0 Å². The monoisotopic (exact) mass is 216 g/mol. The van der Waals surface area contributed by atoms with Crippen LogP contribution in [0.1, 0.15) is 12.1 Å². The lowest BCUT2D eigenvalue weighted by atomic mass is 10.3. The number of hydrogen-bond acceptors (Lipinski definition) is 3. The number of nitrogens with zero attached hydrogens (tertiary/aromatic N) is 3. The minimum Gasteiger partial charge on any atom is -0.370 e. The smallest absolute Gasteiger partial charge is 0.126 e. The first kappa shape index (κ1) is 10.7. The van der Waals surface area contributed by atoms with Gasteiger partial charge in [-0.05, 0) is 25.5 Å². The van der Waals surface area contributed by atoms with Gasteiger partial charge in [-0.15, -0.1) is 0 Å². The molecule has 2 aromatic heterocycles. The number of imidazole rings is 1. The van der Waals surface area contributed by atoms with Crippen LogP contribution in [-0.4, -0.2) is 21.1 Å². The van der Waals surface area contributed by atoms with Gasteiger partial charge in [0.15, 0.2) is 0 Å². The molecule has 0 amide bonds. The zero-order valence-electron chi connectivity index (χ0n) is 9.43. The van der Waals surface area contributed by atoms with Gasteiger partial charge >= 0.3 is 0 Å². The van der Waals surface area contributed by atoms with Gasteiger partial charge in [-0.25, -0.2) is 9.97 Å². The summed E-state index contributed by atoms with van der Waals surface area (Å²) in [5, 5.41) is 3.30. The summed E-state index contributed by atoms with van der Waals surface area (Å²) in [4.78, 5) is 8.38. The lowest BCUT2D eigenvalue weighted by molar-refractivity contribution is 0.660. The first-order valence-electron chi connectivity index (χ1n) is 5.48. The third-order valence-electron chi connectivity index (χ3n) is 2.35.